The molecular weight excluding hydrogens is 200 g/mol. The molecule has 0 fully saturated rings. The van der Waals surface area contributed by atoms with Crippen LogP contribution in [0.25, 0.3) is 0 Å². The third-order valence-electron chi connectivity index (χ3n) is 0. The Morgan fingerprint density at radius 2 is 0.600 bits per heavy atom. The van der Waals surface area contributed by atoms with Crippen LogP contribution in [0.5, 0.6) is 0 Å². The van der Waals surface area contributed by atoms with Crippen LogP contribution in [0, 0.1) is 0 Å². The first-order valence-electron chi connectivity index (χ1n) is 0. The Bertz CT molecular complexity index is 12.5. The van der Waals surface area contributed by atoms with Gasteiger partial charge in [0.25, 0.3) is 0 Å². The molecule has 0 rings (SSSR count). The predicted octanol–water partition coefficient (Wildman–Crippen LogP) is -8.66. The molecule has 5 heavy (non-hydrogen) atoms. The predicted molar refractivity (Wildman–Crippen MR) is 3.34 cm³/mol. The summed E-state index contributed by atoms with van der Waals surface area (Å²) < 4.78 is 0. The molecule has 0 N–H and O–H groups in total. The van der Waals surface area contributed by atoms with Crippen LogP contribution in [-0.4, -0.2) is 0 Å². The molecule has 5 heteroatoms. The quantitative estimate of drug-likeness (QED) is 0.343. The minimum Gasteiger partial charge on any atom is -1.00 e. The summed E-state index contributed by atoms with van der Waals surface area (Å²) in [5, 5.41) is 0. The fourth-order valence-electron chi connectivity index (χ4n) is 0. The molecule has 0 radical (unpaired) electrons. The van der Waals surface area contributed by atoms with Gasteiger partial charge in [0.15, 0.2) is 0 Å². The molecule has 10 valence electrons. The molecule has 0 amide bonds. The second-order valence-corrected chi connectivity index (χ2v) is 0. The third-order valence-corrected chi connectivity index (χ3v) is 0. The summed E-state index contributed by atoms with van der Waals surface area (Å²) in [6, 6.07) is 0. The summed E-state index contributed by atoms with van der Waals surface area (Å²) in [6.45, 7) is 0. The van der Waals surface area contributed by atoms with E-state index < -0.39 is 0 Å². The van der Waals surface area contributed by atoms with Gasteiger partial charge in [0, 0.05) is 39.0 Å². The minimum absolute atomic E-state index is 0. The maximum absolute atomic E-state index is 0. The van der Waals surface area contributed by atoms with Crippen LogP contribution in [0.1, 0.15) is 4.28 Å². The average molecular weight is 203 g/mol. The minimum atomic E-state index is 0. The van der Waals surface area contributed by atoms with Crippen molar-refractivity contribution in [3.63, 3.8) is 0 Å². The normalized spacial score (nSPS) is 0. The molecule has 0 unspecified atom stereocenters. The summed E-state index contributed by atoms with van der Waals surface area (Å²) >= 11 is 0. The number of rotatable bonds is 0. The van der Waals surface area contributed by atoms with Crippen molar-refractivity contribution in [3.05, 3.63) is 0 Å². The molecule has 0 saturated carbocycles. The van der Waals surface area contributed by atoms with Gasteiger partial charge < -0.3 is 4.28 Å². The maximum atomic E-state index is 0. The topological polar surface area (TPSA) is 0 Å². The summed E-state index contributed by atoms with van der Waals surface area (Å²) in [7, 11) is 0. The Morgan fingerprint density at radius 1 is 0.600 bits per heavy atom. The third kappa shape index (κ3) is 17.8. The van der Waals surface area contributed by atoms with Gasteiger partial charge in [-0.25, -0.2) is 0 Å². The molecule has 0 aromatic rings. The largest absolute Gasteiger partial charge is 1.00 e. The molecule has 0 aromatic heterocycles. The first kappa shape index (κ1) is 34.9. The Kier molecular flexibility index (Phi) is 167. The van der Waals surface area contributed by atoms with Crippen molar-refractivity contribution in [3.8, 4) is 0 Å². The van der Waals surface area contributed by atoms with Crippen molar-refractivity contribution in [2.45, 2.75) is 0 Å². The summed E-state index contributed by atoms with van der Waals surface area (Å²) in [6.07, 6.45) is 0. The monoisotopic (exact) mass is 200 g/mol. The Balaban J connectivity index is 0. The molecule has 0 spiro atoms. The molecule has 0 aromatic carbocycles. The van der Waals surface area contributed by atoms with Crippen molar-refractivity contribution in [1.82, 2.24) is 0 Å². The molecule has 0 aliphatic heterocycles. The van der Waals surface area contributed by atoms with Crippen LogP contribution in [0.3, 0.4) is 0 Å². The fraction of sp³-hybridized carbons (Fsp3) is 0. The second-order valence-electron chi connectivity index (χ2n) is 0. The van der Waals surface area contributed by atoms with Crippen molar-refractivity contribution in [1.29, 1.82) is 0 Å². The van der Waals surface area contributed by atoms with Crippen molar-refractivity contribution in [2.24, 2.45) is 0 Å². The van der Waals surface area contributed by atoms with Crippen molar-refractivity contribution < 1.29 is 132 Å². The first-order chi connectivity index (χ1) is 0. The summed E-state index contributed by atoms with van der Waals surface area (Å²) in [5.74, 6) is 0. The van der Waals surface area contributed by atoms with Gasteiger partial charge in [0.05, 0.1) is 0 Å². The van der Waals surface area contributed by atoms with Gasteiger partial charge in [0.1, 0.15) is 0 Å². The van der Waals surface area contributed by atoms with Gasteiger partial charge >= 0.3 is 88.7 Å². The van der Waals surface area contributed by atoms with Gasteiger partial charge in [-0.3, -0.25) is 0 Å². The van der Waals surface area contributed by atoms with E-state index in [2.05, 4.69) is 0 Å². The van der Waals surface area contributed by atoms with Gasteiger partial charge in [0.2, 0.25) is 0 Å². The molecule has 0 heterocycles. The molecule has 0 nitrogen and oxygen atoms in total. The van der Waals surface area contributed by atoms with E-state index >= 15 is 0 Å². The van der Waals surface area contributed by atoms with Gasteiger partial charge in [-0.15, -0.1) is 0 Å². The van der Waals surface area contributed by atoms with E-state index in [0.29, 0.717) is 0 Å². The van der Waals surface area contributed by atoms with Gasteiger partial charge in [-0.1, -0.05) is 0 Å². The first-order valence-corrected chi connectivity index (χ1v) is 0. The molecular formula is H3Na3Zn2. The SMILES string of the molecule is [H-].[H-].[H-].[Na+].[Na+].[Na+].[Zn].[Zn]. The zero-order chi connectivity index (χ0) is 0. The van der Waals surface area contributed by atoms with E-state index in [1.807, 2.05) is 0 Å². The molecule has 0 aliphatic rings. The standard InChI is InChI=1S/3Na.2Zn.3H/q3*+1;;;3*-1. The van der Waals surface area contributed by atoms with E-state index in [0.717, 1.165) is 0 Å². The van der Waals surface area contributed by atoms with Crippen LogP contribution in [0.2, 0.25) is 0 Å². The van der Waals surface area contributed by atoms with Crippen LogP contribution in [-0.2, 0) is 39.0 Å². The molecule has 0 bridgehead atoms. The zero-order valence-electron chi connectivity index (χ0n) is 7.41. The van der Waals surface area contributed by atoms with Gasteiger partial charge in [-0.2, -0.15) is 0 Å². The van der Waals surface area contributed by atoms with Crippen LogP contribution >= 0.6 is 0 Å². The van der Waals surface area contributed by atoms with E-state index in [1.54, 1.807) is 0 Å². The number of hydrogen-bond donors (Lipinski definition) is 0. The van der Waals surface area contributed by atoms with E-state index in [4.69, 9.17) is 0 Å². The molecule has 0 atom stereocenters. The average Bonchev–Trinajstić information content (AvgIpc) is 0. The maximum Gasteiger partial charge on any atom is 1.00 e. The van der Waals surface area contributed by atoms with Crippen molar-refractivity contribution >= 4 is 0 Å². The van der Waals surface area contributed by atoms with Crippen LogP contribution in [0.4, 0.5) is 0 Å². The zero-order valence-corrected chi connectivity index (χ0v) is 16.3. The summed E-state index contributed by atoms with van der Waals surface area (Å²) in [5.41, 5.74) is 0. The van der Waals surface area contributed by atoms with E-state index in [1.165, 1.54) is 0 Å². The Morgan fingerprint density at radius 3 is 0.600 bits per heavy atom. The van der Waals surface area contributed by atoms with Crippen molar-refractivity contribution in [2.75, 3.05) is 0 Å². The molecule has 0 aliphatic carbocycles. The fourth-order valence-corrected chi connectivity index (χ4v) is 0. The number of hydrogen-bond acceptors (Lipinski definition) is 0. The van der Waals surface area contributed by atoms with Crippen LogP contribution < -0.4 is 88.7 Å². The summed E-state index contributed by atoms with van der Waals surface area (Å²) in [4.78, 5) is 0. The smallest absolute Gasteiger partial charge is 1.00 e. The van der Waals surface area contributed by atoms with E-state index in [-0.39, 0.29) is 132 Å². The molecule has 0 saturated heterocycles. The Hall–Kier alpha value is 4.25. The second kappa shape index (κ2) is 24.0. The Labute approximate surface area is 129 Å². The van der Waals surface area contributed by atoms with E-state index in [9.17, 15) is 0 Å². The van der Waals surface area contributed by atoms with Crippen LogP contribution in [0.15, 0.2) is 0 Å². The van der Waals surface area contributed by atoms with Gasteiger partial charge in [-0.05, 0) is 0 Å².